The van der Waals surface area contributed by atoms with Gasteiger partial charge in [0, 0.05) is 38.1 Å². The summed E-state index contributed by atoms with van der Waals surface area (Å²) in [6, 6.07) is 37.7. The first-order valence-corrected chi connectivity index (χ1v) is 13.6. The molecule has 0 aliphatic carbocycles. The van der Waals surface area contributed by atoms with Crippen LogP contribution in [-0.2, 0) is 0 Å². The summed E-state index contributed by atoms with van der Waals surface area (Å²) in [6.45, 7) is 0. The predicted octanol–water partition coefficient (Wildman–Crippen LogP) is 9.40. The first kappa shape index (κ1) is 20.3. The van der Waals surface area contributed by atoms with Gasteiger partial charge in [0.15, 0.2) is 0 Å². The Morgan fingerprint density at radius 1 is 0.526 bits per heavy atom. The number of hydrogen-bond donors (Lipinski definition) is 0. The highest BCUT2D eigenvalue weighted by Crippen LogP contribution is 2.43. The van der Waals surface area contributed by atoms with Crippen molar-refractivity contribution in [2.75, 3.05) is 0 Å². The normalized spacial score (nSPS) is 12.2. The molecule has 9 aromatic rings. The van der Waals surface area contributed by atoms with Crippen LogP contribution in [-0.4, -0.2) is 14.5 Å². The monoisotopic (exact) mass is 501 g/mol. The molecular formula is C34H19N3S. The molecule has 9 rings (SSSR count). The first-order valence-electron chi connectivity index (χ1n) is 12.7. The zero-order valence-electron chi connectivity index (χ0n) is 20.2. The van der Waals surface area contributed by atoms with E-state index in [9.17, 15) is 0 Å². The van der Waals surface area contributed by atoms with E-state index in [-0.39, 0.29) is 0 Å². The molecule has 0 aliphatic heterocycles. The number of benzene rings is 6. The van der Waals surface area contributed by atoms with Crippen LogP contribution in [0.15, 0.2) is 116 Å². The maximum atomic E-state index is 4.56. The number of aromatic nitrogens is 3. The second-order valence-electron chi connectivity index (χ2n) is 9.85. The number of para-hydroxylation sites is 1. The van der Waals surface area contributed by atoms with Gasteiger partial charge in [-0.3, -0.25) is 0 Å². The van der Waals surface area contributed by atoms with Gasteiger partial charge in [0.2, 0.25) is 0 Å². The molecule has 176 valence electrons. The van der Waals surface area contributed by atoms with E-state index in [1.165, 1.54) is 69.9 Å². The number of hydrogen-bond acceptors (Lipinski definition) is 3. The first-order chi connectivity index (χ1) is 18.9. The van der Waals surface area contributed by atoms with Crippen LogP contribution in [0, 0.1) is 0 Å². The summed E-state index contributed by atoms with van der Waals surface area (Å²) in [6.07, 6.45) is 3.60. The van der Waals surface area contributed by atoms with Crippen molar-refractivity contribution in [3.05, 3.63) is 116 Å². The average molecular weight is 502 g/mol. The van der Waals surface area contributed by atoms with Crippen LogP contribution < -0.4 is 0 Å². The van der Waals surface area contributed by atoms with Crippen LogP contribution in [0.5, 0.6) is 0 Å². The fraction of sp³-hybridized carbons (Fsp3) is 0. The summed E-state index contributed by atoms with van der Waals surface area (Å²) >= 11 is 1.73. The molecule has 0 atom stereocenters. The average Bonchev–Trinajstić information content (AvgIpc) is 3.52. The summed E-state index contributed by atoms with van der Waals surface area (Å²) in [7, 11) is 0. The summed E-state index contributed by atoms with van der Waals surface area (Å²) in [5.74, 6) is 0. The molecule has 6 aromatic carbocycles. The molecule has 0 N–H and O–H groups in total. The van der Waals surface area contributed by atoms with Gasteiger partial charge in [0.25, 0.3) is 0 Å². The van der Waals surface area contributed by atoms with Crippen LogP contribution >= 0.6 is 11.3 Å². The molecule has 0 saturated heterocycles. The molecule has 3 heterocycles. The van der Waals surface area contributed by atoms with Crippen molar-refractivity contribution in [2.24, 2.45) is 0 Å². The van der Waals surface area contributed by atoms with Crippen LogP contribution in [0.3, 0.4) is 0 Å². The van der Waals surface area contributed by atoms with E-state index in [1.54, 1.807) is 17.7 Å². The fourth-order valence-electron chi connectivity index (χ4n) is 6.38. The minimum atomic E-state index is 1.03. The van der Waals surface area contributed by atoms with Crippen LogP contribution in [0.1, 0.15) is 0 Å². The van der Waals surface area contributed by atoms with E-state index in [2.05, 4.69) is 118 Å². The Balaban J connectivity index is 1.46. The number of rotatable bonds is 1. The van der Waals surface area contributed by atoms with Gasteiger partial charge >= 0.3 is 0 Å². The molecule has 0 radical (unpaired) electrons. The van der Waals surface area contributed by atoms with E-state index < -0.39 is 0 Å². The zero-order valence-corrected chi connectivity index (χ0v) is 21.0. The van der Waals surface area contributed by atoms with Gasteiger partial charge in [-0.15, -0.1) is 11.3 Å². The fourth-order valence-corrected chi connectivity index (χ4v) is 7.41. The van der Waals surface area contributed by atoms with Crippen LogP contribution in [0.25, 0.3) is 80.1 Å². The SMILES string of the molecule is c1ccc2c(c1)c1ccccc1c1cc(-n3c4ccccc4c4c5c(ccc43)sc3ncncc35)ccc21. The quantitative estimate of drug-likeness (QED) is 0.210. The van der Waals surface area contributed by atoms with Crippen LogP contribution in [0.2, 0.25) is 0 Å². The van der Waals surface area contributed by atoms with E-state index in [0.717, 1.165) is 10.2 Å². The highest BCUT2D eigenvalue weighted by atomic mass is 32.1. The van der Waals surface area contributed by atoms with Crippen molar-refractivity contribution in [1.29, 1.82) is 0 Å². The third-order valence-electron chi connectivity index (χ3n) is 7.94. The molecule has 0 unspecified atom stereocenters. The van der Waals surface area contributed by atoms with Gasteiger partial charge in [-0.2, -0.15) is 0 Å². The molecule has 3 aromatic heterocycles. The summed E-state index contributed by atoms with van der Waals surface area (Å²) in [4.78, 5) is 9.95. The highest BCUT2D eigenvalue weighted by Gasteiger charge is 2.18. The van der Waals surface area contributed by atoms with Gasteiger partial charge in [-0.05, 0) is 62.6 Å². The van der Waals surface area contributed by atoms with Crippen molar-refractivity contribution in [3.8, 4) is 5.69 Å². The Kier molecular flexibility index (Phi) is 3.93. The third-order valence-corrected chi connectivity index (χ3v) is 9.02. The van der Waals surface area contributed by atoms with Crippen molar-refractivity contribution in [1.82, 2.24) is 14.5 Å². The minimum Gasteiger partial charge on any atom is -0.309 e. The van der Waals surface area contributed by atoms with E-state index in [0.29, 0.717) is 0 Å². The lowest BCUT2D eigenvalue weighted by Gasteiger charge is -2.13. The summed E-state index contributed by atoms with van der Waals surface area (Å²) in [5.41, 5.74) is 3.57. The molecular weight excluding hydrogens is 482 g/mol. The lowest BCUT2D eigenvalue weighted by molar-refractivity contribution is 1.19. The van der Waals surface area contributed by atoms with E-state index in [4.69, 9.17) is 0 Å². The molecule has 0 saturated carbocycles. The molecule has 0 bridgehead atoms. The lowest BCUT2D eigenvalue weighted by Crippen LogP contribution is -1.94. The maximum absolute atomic E-state index is 4.56. The van der Waals surface area contributed by atoms with Crippen molar-refractivity contribution >= 4 is 85.8 Å². The Bertz CT molecular complexity index is 2380. The Morgan fingerprint density at radius 2 is 1.18 bits per heavy atom. The van der Waals surface area contributed by atoms with Crippen LogP contribution in [0.4, 0.5) is 0 Å². The van der Waals surface area contributed by atoms with Gasteiger partial charge in [0.1, 0.15) is 11.2 Å². The second-order valence-corrected chi connectivity index (χ2v) is 10.9. The molecule has 0 aliphatic rings. The van der Waals surface area contributed by atoms with Gasteiger partial charge < -0.3 is 4.57 Å². The number of nitrogens with zero attached hydrogens (tertiary/aromatic N) is 3. The zero-order chi connectivity index (χ0) is 24.8. The molecule has 0 amide bonds. The lowest BCUT2D eigenvalue weighted by atomic mass is 9.94. The van der Waals surface area contributed by atoms with E-state index in [1.807, 2.05) is 6.20 Å². The molecule has 4 heteroatoms. The van der Waals surface area contributed by atoms with Gasteiger partial charge in [-0.25, -0.2) is 9.97 Å². The standard InChI is InChI=1S/C34H19N3S/c1-2-9-23-21(7-1)22-8-3-4-10-24(22)27-17-20(13-14-25(23)27)37-29-12-6-5-11-26(29)32-30(37)15-16-31-33(32)28-18-35-19-36-34(28)38-31/h1-19H. The molecule has 3 nitrogen and oxygen atoms in total. The van der Waals surface area contributed by atoms with Gasteiger partial charge in [-0.1, -0.05) is 72.8 Å². The maximum Gasteiger partial charge on any atom is 0.127 e. The van der Waals surface area contributed by atoms with Crippen molar-refractivity contribution < 1.29 is 0 Å². The Labute approximate surface area is 221 Å². The largest absolute Gasteiger partial charge is 0.309 e. The second kappa shape index (κ2) is 7.37. The van der Waals surface area contributed by atoms with Crippen molar-refractivity contribution in [2.45, 2.75) is 0 Å². The summed E-state index contributed by atoms with van der Waals surface area (Å²) in [5, 5.41) is 12.6. The Morgan fingerprint density at radius 3 is 1.95 bits per heavy atom. The molecule has 0 fully saturated rings. The predicted molar refractivity (Wildman–Crippen MR) is 162 cm³/mol. The van der Waals surface area contributed by atoms with Crippen molar-refractivity contribution in [3.63, 3.8) is 0 Å². The minimum absolute atomic E-state index is 1.03. The smallest absolute Gasteiger partial charge is 0.127 e. The number of fused-ring (bicyclic) bond motifs is 13. The molecule has 0 spiro atoms. The topological polar surface area (TPSA) is 30.7 Å². The third kappa shape index (κ3) is 2.57. The summed E-state index contributed by atoms with van der Waals surface area (Å²) < 4.78 is 3.66. The van der Waals surface area contributed by atoms with Gasteiger partial charge in [0.05, 0.1) is 11.0 Å². The molecule has 38 heavy (non-hydrogen) atoms. The van der Waals surface area contributed by atoms with E-state index >= 15 is 0 Å². The highest BCUT2D eigenvalue weighted by molar-refractivity contribution is 7.25. The number of thiophene rings is 1. The Hall–Kier alpha value is -4.80.